The highest BCUT2D eigenvalue weighted by atomic mass is 35.5. The number of halogens is 3. The van der Waals surface area contributed by atoms with Crippen LogP contribution in [0.25, 0.3) is 0 Å². The Morgan fingerprint density at radius 3 is 2.14 bits per heavy atom. The zero-order chi connectivity index (χ0) is 16.4. The van der Waals surface area contributed by atoms with Crippen LogP contribution < -0.4 is 4.72 Å². The lowest BCUT2D eigenvalue weighted by molar-refractivity contribution is -0.143. The number of hydrogen-bond acceptors (Lipinski definition) is 3. The van der Waals surface area contributed by atoms with Gasteiger partial charge in [0.05, 0.1) is 10.0 Å². The summed E-state index contributed by atoms with van der Waals surface area (Å²) in [7, 11) is -4.22. The summed E-state index contributed by atoms with van der Waals surface area (Å²) < 4.78 is 26.9. The van der Waals surface area contributed by atoms with Crippen molar-refractivity contribution in [3.63, 3.8) is 0 Å². The second-order valence-corrected chi connectivity index (χ2v) is 7.56. The molecule has 0 aliphatic rings. The molecule has 21 heavy (non-hydrogen) atoms. The Balaban J connectivity index is 3.33. The average molecular weight is 375 g/mol. The van der Waals surface area contributed by atoms with Crippen LogP contribution in [0.4, 0.5) is 0 Å². The van der Waals surface area contributed by atoms with Gasteiger partial charge >= 0.3 is 5.97 Å². The number of carboxylic acids is 1. The molecule has 1 aromatic carbocycles. The summed E-state index contributed by atoms with van der Waals surface area (Å²) in [6, 6.07) is 2.45. The highest BCUT2D eigenvalue weighted by Crippen LogP contribution is 2.33. The van der Waals surface area contributed by atoms with Crippen molar-refractivity contribution in [1.29, 1.82) is 0 Å². The van der Waals surface area contributed by atoms with Crippen LogP contribution >= 0.6 is 34.8 Å². The van der Waals surface area contributed by atoms with E-state index >= 15 is 0 Å². The molecule has 0 aromatic heterocycles. The molecule has 0 heterocycles. The maximum atomic E-state index is 12.4. The lowest BCUT2D eigenvalue weighted by Crippen LogP contribution is -2.52. The first-order valence-corrected chi connectivity index (χ1v) is 8.57. The van der Waals surface area contributed by atoms with E-state index in [1.807, 2.05) is 0 Å². The molecule has 0 fully saturated rings. The molecule has 0 aliphatic heterocycles. The molecular formula is C12H14Cl3NO4S. The van der Waals surface area contributed by atoms with Crippen LogP contribution in [0.5, 0.6) is 0 Å². The Labute approximate surface area is 138 Å². The fourth-order valence-electron chi connectivity index (χ4n) is 1.83. The molecule has 0 radical (unpaired) electrons. The van der Waals surface area contributed by atoms with E-state index in [0.29, 0.717) is 6.42 Å². The van der Waals surface area contributed by atoms with Gasteiger partial charge in [0.25, 0.3) is 0 Å². The maximum Gasteiger partial charge on any atom is 0.324 e. The number of sulfonamides is 1. The van der Waals surface area contributed by atoms with E-state index in [9.17, 15) is 18.3 Å². The van der Waals surface area contributed by atoms with Gasteiger partial charge in [-0.1, -0.05) is 48.1 Å². The van der Waals surface area contributed by atoms with Gasteiger partial charge in [0.15, 0.2) is 0 Å². The predicted octanol–water partition coefficient (Wildman–Crippen LogP) is 3.57. The van der Waals surface area contributed by atoms with E-state index in [0.717, 1.165) is 0 Å². The second kappa shape index (κ2) is 6.71. The van der Waals surface area contributed by atoms with Crippen molar-refractivity contribution in [1.82, 2.24) is 4.72 Å². The molecule has 1 atom stereocenters. The summed E-state index contributed by atoms with van der Waals surface area (Å²) in [5, 5.41) is 9.07. The zero-order valence-electron chi connectivity index (χ0n) is 11.3. The van der Waals surface area contributed by atoms with E-state index < -0.39 is 21.5 Å². The summed E-state index contributed by atoms with van der Waals surface area (Å²) in [5.41, 5.74) is -1.65. The molecule has 0 aliphatic carbocycles. The average Bonchev–Trinajstić information content (AvgIpc) is 2.25. The minimum atomic E-state index is -4.22. The van der Waals surface area contributed by atoms with Crippen LogP contribution in [0, 0.1) is 0 Å². The molecular weight excluding hydrogens is 361 g/mol. The van der Waals surface area contributed by atoms with Crippen molar-refractivity contribution in [2.75, 3.05) is 0 Å². The molecule has 0 saturated heterocycles. The summed E-state index contributed by atoms with van der Waals surface area (Å²) in [5.74, 6) is -1.28. The van der Waals surface area contributed by atoms with E-state index in [2.05, 4.69) is 4.72 Å². The van der Waals surface area contributed by atoms with Crippen molar-refractivity contribution in [2.45, 2.75) is 37.1 Å². The van der Waals surface area contributed by atoms with E-state index in [-0.39, 0.29) is 26.4 Å². The van der Waals surface area contributed by atoms with Gasteiger partial charge < -0.3 is 5.11 Å². The number of carboxylic acid groups (broad SMARTS) is 1. The number of aliphatic carboxylic acids is 1. The first kappa shape index (κ1) is 18.5. The molecule has 1 aromatic rings. The van der Waals surface area contributed by atoms with Crippen molar-refractivity contribution in [3.05, 3.63) is 27.2 Å². The third-order valence-corrected chi connectivity index (χ3v) is 5.55. The lowest BCUT2D eigenvalue weighted by Gasteiger charge is -2.26. The Bertz CT molecular complexity index is 639. The summed E-state index contributed by atoms with van der Waals surface area (Å²) >= 11 is 17.5. The molecule has 0 spiro atoms. The lowest BCUT2D eigenvalue weighted by atomic mass is 9.98. The third kappa shape index (κ3) is 4.23. The molecule has 1 rings (SSSR count). The van der Waals surface area contributed by atoms with E-state index in [1.54, 1.807) is 6.92 Å². The number of benzene rings is 1. The molecule has 2 N–H and O–H groups in total. The number of carbonyl (C=O) groups is 1. The normalized spacial score (nSPS) is 14.7. The molecule has 118 valence electrons. The monoisotopic (exact) mass is 373 g/mol. The van der Waals surface area contributed by atoms with Gasteiger partial charge in [-0.3, -0.25) is 4.79 Å². The number of rotatable bonds is 6. The molecule has 0 bridgehead atoms. The summed E-state index contributed by atoms with van der Waals surface area (Å²) in [4.78, 5) is 10.9. The van der Waals surface area contributed by atoms with Crippen LogP contribution in [-0.2, 0) is 14.8 Å². The van der Waals surface area contributed by atoms with Crippen molar-refractivity contribution in [3.8, 4) is 0 Å². The van der Waals surface area contributed by atoms with Gasteiger partial charge in [0.1, 0.15) is 10.4 Å². The van der Waals surface area contributed by atoms with Gasteiger partial charge in [-0.05, 0) is 25.5 Å². The summed E-state index contributed by atoms with van der Waals surface area (Å²) in [6.07, 6.45) is 0.595. The van der Waals surface area contributed by atoms with Crippen LogP contribution in [0.15, 0.2) is 17.0 Å². The van der Waals surface area contributed by atoms with Gasteiger partial charge in [-0.25, -0.2) is 8.42 Å². The summed E-state index contributed by atoms with van der Waals surface area (Å²) in [6.45, 7) is 3.03. The second-order valence-electron chi connectivity index (χ2n) is 4.69. The topological polar surface area (TPSA) is 83.5 Å². The quantitative estimate of drug-likeness (QED) is 0.797. The van der Waals surface area contributed by atoms with Crippen molar-refractivity contribution < 1.29 is 18.3 Å². The Morgan fingerprint density at radius 2 is 1.76 bits per heavy atom. The highest BCUT2D eigenvalue weighted by molar-refractivity contribution is 7.89. The minimum absolute atomic E-state index is 0.115. The third-order valence-electron chi connectivity index (χ3n) is 2.81. The van der Waals surface area contributed by atoms with Crippen LogP contribution in [0.1, 0.15) is 26.7 Å². The van der Waals surface area contributed by atoms with Gasteiger partial charge in [0.2, 0.25) is 10.0 Å². The molecule has 0 amide bonds. The maximum absolute atomic E-state index is 12.4. The molecule has 0 saturated carbocycles. The van der Waals surface area contributed by atoms with Crippen LogP contribution in [-0.4, -0.2) is 25.0 Å². The Kier molecular flexibility index (Phi) is 5.91. The number of nitrogens with one attached hydrogen (secondary N) is 1. The minimum Gasteiger partial charge on any atom is -0.480 e. The van der Waals surface area contributed by atoms with Crippen LogP contribution in [0.2, 0.25) is 15.1 Å². The van der Waals surface area contributed by atoms with Crippen LogP contribution in [0.3, 0.4) is 0 Å². The standard InChI is InChI=1S/C12H14Cl3NO4S/c1-3-4-12(2,11(17)18)16-21(19,20)10-8(14)5-7(13)6-9(10)15/h5-6,16H,3-4H2,1-2H3,(H,17,18). The molecule has 1 unspecified atom stereocenters. The number of hydrogen-bond donors (Lipinski definition) is 2. The molecule has 5 nitrogen and oxygen atoms in total. The molecule has 9 heteroatoms. The van der Waals surface area contributed by atoms with Crippen molar-refractivity contribution in [2.24, 2.45) is 0 Å². The van der Waals surface area contributed by atoms with Gasteiger partial charge in [-0.15, -0.1) is 0 Å². The Morgan fingerprint density at radius 1 is 1.29 bits per heavy atom. The largest absolute Gasteiger partial charge is 0.480 e. The van der Waals surface area contributed by atoms with E-state index in [4.69, 9.17) is 34.8 Å². The van der Waals surface area contributed by atoms with Gasteiger partial charge in [0, 0.05) is 5.02 Å². The Hall–Kier alpha value is -0.530. The first-order valence-electron chi connectivity index (χ1n) is 5.95. The van der Waals surface area contributed by atoms with Crippen molar-refractivity contribution >= 4 is 50.8 Å². The first-order chi connectivity index (χ1) is 9.53. The fraction of sp³-hybridized carbons (Fsp3) is 0.417. The van der Waals surface area contributed by atoms with Gasteiger partial charge in [-0.2, -0.15) is 4.72 Å². The van der Waals surface area contributed by atoms with E-state index in [1.165, 1.54) is 19.1 Å². The SMILES string of the molecule is CCCC(C)(NS(=O)(=O)c1c(Cl)cc(Cl)cc1Cl)C(=O)O. The fourth-order valence-corrected chi connectivity index (χ4v) is 4.78. The predicted molar refractivity (Wildman–Crippen MR) is 82.7 cm³/mol. The highest BCUT2D eigenvalue weighted by Gasteiger charge is 2.38. The zero-order valence-corrected chi connectivity index (χ0v) is 14.4. The smallest absolute Gasteiger partial charge is 0.324 e.